The maximum absolute atomic E-state index is 6.39. The summed E-state index contributed by atoms with van der Waals surface area (Å²) in [5, 5.41) is 0. The lowest BCUT2D eigenvalue weighted by Gasteiger charge is -2.40. The molecule has 4 heteroatoms. The molecule has 0 radical (unpaired) electrons. The van der Waals surface area contributed by atoms with Gasteiger partial charge in [-0.2, -0.15) is 0 Å². The highest BCUT2D eigenvalue weighted by Gasteiger charge is 2.80. The molecule has 19 heavy (non-hydrogen) atoms. The van der Waals surface area contributed by atoms with Crippen molar-refractivity contribution in [1.29, 1.82) is 0 Å². The quantitative estimate of drug-likeness (QED) is 0.534. The summed E-state index contributed by atoms with van der Waals surface area (Å²) >= 11 is 7.95. The largest absolute Gasteiger partial charge is 0.371 e. The van der Waals surface area contributed by atoms with E-state index in [1.54, 1.807) is 0 Å². The van der Waals surface area contributed by atoms with Crippen LogP contribution >= 0.6 is 31.9 Å². The zero-order chi connectivity index (χ0) is 13.4. The van der Waals surface area contributed by atoms with Crippen LogP contribution in [-0.4, -0.2) is 27.1 Å². The number of ether oxygens (including phenoxy) is 2. The van der Waals surface area contributed by atoms with E-state index >= 15 is 0 Å². The van der Waals surface area contributed by atoms with Crippen molar-refractivity contribution in [2.75, 3.05) is 0 Å². The molecule has 0 unspecified atom stereocenters. The van der Waals surface area contributed by atoms with Crippen molar-refractivity contribution in [3.8, 4) is 12.3 Å². The molecule has 0 N–H and O–H groups in total. The fourth-order valence-electron chi connectivity index (χ4n) is 4.87. The van der Waals surface area contributed by atoms with Gasteiger partial charge in [-0.3, -0.25) is 0 Å². The lowest BCUT2D eigenvalue weighted by molar-refractivity contribution is 0.000337. The molecule has 0 spiro atoms. The molecule has 0 aromatic rings. The van der Waals surface area contributed by atoms with Gasteiger partial charge in [0, 0.05) is 24.2 Å². The summed E-state index contributed by atoms with van der Waals surface area (Å²) in [7, 11) is 0. The van der Waals surface area contributed by atoms with E-state index in [1.807, 2.05) is 6.08 Å². The molecule has 102 valence electrons. The Labute approximate surface area is 130 Å². The van der Waals surface area contributed by atoms with E-state index in [4.69, 9.17) is 15.9 Å². The van der Waals surface area contributed by atoms with E-state index < -0.39 is 0 Å². The molecule has 2 nitrogen and oxygen atoms in total. The van der Waals surface area contributed by atoms with Crippen LogP contribution in [0.2, 0.25) is 0 Å². The summed E-state index contributed by atoms with van der Waals surface area (Å²) in [4.78, 5) is 0. The van der Waals surface area contributed by atoms with Gasteiger partial charge in [-0.1, -0.05) is 50.8 Å². The summed E-state index contributed by atoms with van der Waals surface area (Å²) in [5.41, 5.74) is 0. The Kier molecular flexibility index (Phi) is 2.63. The highest BCUT2D eigenvalue weighted by Crippen LogP contribution is 2.73. The average molecular weight is 388 g/mol. The number of rotatable bonds is 2. The fraction of sp³-hybridized carbons (Fsp3) is 0.733. The van der Waals surface area contributed by atoms with Gasteiger partial charge in [0.05, 0.1) is 22.6 Å². The van der Waals surface area contributed by atoms with Crippen molar-refractivity contribution in [3.63, 3.8) is 0 Å². The first-order valence-corrected chi connectivity index (χ1v) is 8.49. The third-order valence-corrected chi connectivity index (χ3v) is 9.17. The SMILES string of the molecule is C#C/C=C\[C@@H]1[C@H]2[C@@H]3[C@@H]4O[C@H]2C[C@@H]4O[C@]3(Br)[C@@]1(Br)CC. The molecule has 3 saturated heterocycles. The topological polar surface area (TPSA) is 18.5 Å². The number of terminal acetylenes is 1. The number of fused-ring (bicyclic) bond motifs is 2. The Morgan fingerprint density at radius 1 is 1.42 bits per heavy atom. The number of alkyl halides is 2. The van der Waals surface area contributed by atoms with Crippen LogP contribution < -0.4 is 0 Å². The van der Waals surface area contributed by atoms with E-state index in [2.05, 4.69) is 50.8 Å². The van der Waals surface area contributed by atoms with Crippen molar-refractivity contribution in [2.45, 2.75) is 46.9 Å². The minimum Gasteiger partial charge on any atom is -0.371 e. The van der Waals surface area contributed by atoms with Gasteiger partial charge < -0.3 is 9.47 Å². The number of allylic oxidation sites excluding steroid dienone is 2. The Balaban J connectivity index is 1.85. The molecule has 2 bridgehead atoms. The van der Waals surface area contributed by atoms with E-state index in [0.717, 1.165) is 12.8 Å². The van der Waals surface area contributed by atoms with Crippen LogP contribution in [0.5, 0.6) is 0 Å². The number of halogens is 2. The van der Waals surface area contributed by atoms with Crippen LogP contribution in [0, 0.1) is 30.1 Å². The maximum Gasteiger partial charge on any atom is 0.144 e. The second-order valence-electron chi connectivity index (χ2n) is 6.05. The van der Waals surface area contributed by atoms with Crippen LogP contribution in [-0.2, 0) is 9.47 Å². The molecule has 3 aliphatic heterocycles. The molecule has 0 amide bonds. The normalized spacial score (nSPS) is 61.2. The number of hydrogen-bond donors (Lipinski definition) is 0. The van der Waals surface area contributed by atoms with Crippen molar-refractivity contribution in [3.05, 3.63) is 12.2 Å². The molecule has 1 aliphatic carbocycles. The Bertz CT molecular complexity index is 497. The summed E-state index contributed by atoms with van der Waals surface area (Å²) in [6.07, 6.45) is 12.3. The Morgan fingerprint density at radius 2 is 2.21 bits per heavy atom. The fourth-order valence-corrected chi connectivity index (χ4v) is 7.04. The predicted octanol–water partition coefficient (Wildman–Crippen LogP) is 3.24. The highest BCUT2D eigenvalue weighted by atomic mass is 79.9. The molecule has 0 aromatic carbocycles. The molecule has 4 aliphatic rings. The molecule has 4 rings (SSSR count). The average Bonchev–Trinajstić information content (AvgIpc) is 3.03. The van der Waals surface area contributed by atoms with E-state index in [9.17, 15) is 0 Å². The predicted molar refractivity (Wildman–Crippen MR) is 80.2 cm³/mol. The second kappa shape index (κ2) is 3.88. The van der Waals surface area contributed by atoms with Crippen LogP contribution in [0.25, 0.3) is 0 Å². The molecular weight excluding hydrogens is 372 g/mol. The smallest absolute Gasteiger partial charge is 0.144 e. The van der Waals surface area contributed by atoms with Crippen LogP contribution in [0.1, 0.15) is 19.8 Å². The molecule has 3 heterocycles. The van der Waals surface area contributed by atoms with Gasteiger partial charge in [-0.15, -0.1) is 6.42 Å². The zero-order valence-corrected chi connectivity index (χ0v) is 13.9. The van der Waals surface area contributed by atoms with Gasteiger partial charge in [0.2, 0.25) is 0 Å². The van der Waals surface area contributed by atoms with E-state index in [0.29, 0.717) is 23.9 Å². The van der Waals surface area contributed by atoms with Crippen LogP contribution in [0.4, 0.5) is 0 Å². The first kappa shape index (κ1) is 12.9. The van der Waals surface area contributed by atoms with Gasteiger partial charge in [0.15, 0.2) is 0 Å². The van der Waals surface area contributed by atoms with Crippen LogP contribution in [0.3, 0.4) is 0 Å². The van der Waals surface area contributed by atoms with Gasteiger partial charge in [0.25, 0.3) is 0 Å². The third kappa shape index (κ3) is 1.27. The summed E-state index contributed by atoms with van der Waals surface area (Å²) < 4.78 is 12.1. The minimum atomic E-state index is -0.316. The summed E-state index contributed by atoms with van der Waals surface area (Å²) in [6, 6.07) is 0. The van der Waals surface area contributed by atoms with Crippen LogP contribution in [0.15, 0.2) is 12.2 Å². The zero-order valence-electron chi connectivity index (χ0n) is 10.7. The third-order valence-electron chi connectivity index (χ3n) is 5.54. The lowest BCUT2D eigenvalue weighted by Crippen LogP contribution is -2.47. The van der Waals surface area contributed by atoms with Gasteiger partial charge >= 0.3 is 0 Å². The molecule has 4 fully saturated rings. The van der Waals surface area contributed by atoms with Crippen molar-refractivity contribution >= 4 is 31.9 Å². The van der Waals surface area contributed by atoms with Gasteiger partial charge in [-0.25, -0.2) is 0 Å². The minimum absolute atomic E-state index is 0.0991. The molecule has 1 saturated carbocycles. The highest BCUT2D eigenvalue weighted by molar-refractivity contribution is 9.13. The summed E-state index contributed by atoms with van der Waals surface area (Å²) in [5.74, 6) is 3.92. The van der Waals surface area contributed by atoms with E-state index in [1.165, 1.54) is 0 Å². The first-order chi connectivity index (χ1) is 9.06. The van der Waals surface area contributed by atoms with Gasteiger partial charge in [-0.05, 0) is 12.5 Å². The van der Waals surface area contributed by atoms with Gasteiger partial charge in [0.1, 0.15) is 4.51 Å². The molecular formula is C15H16Br2O2. The molecule has 8 atom stereocenters. The Morgan fingerprint density at radius 3 is 2.89 bits per heavy atom. The van der Waals surface area contributed by atoms with Crippen molar-refractivity contribution < 1.29 is 9.47 Å². The van der Waals surface area contributed by atoms with Crippen molar-refractivity contribution in [1.82, 2.24) is 0 Å². The molecule has 0 aromatic heterocycles. The first-order valence-electron chi connectivity index (χ1n) is 6.90. The Hall–Kier alpha value is 0.180. The maximum atomic E-state index is 6.39. The lowest BCUT2D eigenvalue weighted by atomic mass is 9.77. The standard InChI is InChI=1S/C15H16Br2O2/c1-3-5-6-8-11-9-7-10-13(18-9)12(11)15(17,19-10)14(8,16)4-2/h1,5-6,8-13H,4,7H2,2H3/b6-5-/t8-,9+,10+,11-,12-,13-,14-,15+/m1/s1. The monoisotopic (exact) mass is 386 g/mol. The summed E-state index contributed by atoms with van der Waals surface area (Å²) in [6.45, 7) is 2.21. The second-order valence-corrected chi connectivity index (χ2v) is 8.64. The number of hydrogen-bond acceptors (Lipinski definition) is 2. The van der Waals surface area contributed by atoms with E-state index in [-0.39, 0.29) is 21.0 Å². The van der Waals surface area contributed by atoms with Crippen molar-refractivity contribution in [2.24, 2.45) is 17.8 Å².